The van der Waals surface area contributed by atoms with Crippen molar-refractivity contribution in [3.63, 3.8) is 0 Å². The van der Waals surface area contributed by atoms with Crippen molar-refractivity contribution >= 4 is 33.2 Å². The monoisotopic (exact) mass is 724 g/mol. The van der Waals surface area contributed by atoms with Crippen molar-refractivity contribution in [2.75, 3.05) is 32.0 Å². The first-order chi connectivity index (χ1) is 24.3. The first-order valence-corrected chi connectivity index (χ1v) is 17.5. The van der Waals surface area contributed by atoms with Crippen LogP contribution in [0.15, 0.2) is 61.1 Å². The Kier molecular flexibility index (Phi) is 11.6. The van der Waals surface area contributed by atoms with Crippen molar-refractivity contribution in [2.24, 2.45) is 0 Å². The zero-order valence-electron chi connectivity index (χ0n) is 28.4. The van der Waals surface area contributed by atoms with Crippen LogP contribution in [-0.2, 0) is 19.2 Å². The molecule has 3 aromatic heterocycles. The summed E-state index contributed by atoms with van der Waals surface area (Å²) in [4.78, 5) is 27.6. The fourth-order valence-electron chi connectivity index (χ4n) is 5.22. The minimum Gasteiger partial charge on any atom is -0.507 e. The van der Waals surface area contributed by atoms with Crippen LogP contribution in [0.1, 0.15) is 42.9 Å². The Balaban J connectivity index is 0.000000654. The van der Waals surface area contributed by atoms with Gasteiger partial charge in [0.1, 0.15) is 35.3 Å². The second-order valence-corrected chi connectivity index (χ2v) is 12.8. The Hall–Kier alpha value is -5.05. The van der Waals surface area contributed by atoms with Crippen LogP contribution in [0.25, 0.3) is 28.4 Å². The van der Waals surface area contributed by atoms with Crippen LogP contribution in [0.3, 0.4) is 0 Å². The largest absolute Gasteiger partial charge is 0.507 e. The van der Waals surface area contributed by atoms with Crippen LogP contribution in [0, 0.1) is 6.92 Å². The van der Waals surface area contributed by atoms with Crippen molar-refractivity contribution in [2.45, 2.75) is 52.2 Å². The molecule has 5 aromatic rings. The minimum atomic E-state index is -4.70. The Morgan fingerprint density at radius 1 is 1.04 bits per heavy atom. The molecule has 1 aliphatic heterocycles. The summed E-state index contributed by atoms with van der Waals surface area (Å²) < 4.78 is 39.6. The quantitative estimate of drug-likeness (QED) is 0.129. The number of phenols is 1. The third-order valence-corrected chi connectivity index (χ3v) is 9.07. The van der Waals surface area contributed by atoms with E-state index < -0.39 is 53.1 Å². The fraction of sp³-hybridized carbons (Fsp3) is 0.375. The van der Waals surface area contributed by atoms with Crippen molar-refractivity contribution < 1.29 is 37.5 Å². The zero-order chi connectivity index (χ0) is 36.9. The first kappa shape index (κ1) is 37.2. The lowest BCUT2D eigenvalue weighted by molar-refractivity contribution is -0.0468. The number of carbonyl (C=O) groups is 1. The van der Waals surface area contributed by atoms with Gasteiger partial charge in [0.05, 0.1) is 24.7 Å². The summed E-state index contributed by atoms with van der Waals surface area (Å²) >= 11 is 0. The molecule has 0 aliphatic carbocycles. The number of carbonyl (C=O) groups excluding carboxylic acids is 1. The highest BCUT2D eigenvalue weighted by atomic mass is 32.2. The molecule has 1 aliphatic rings. The van der Waals surface area contributed by atoms with E-state index >= 15 is 0 Å². The third-order valence-electron chi connectivity index (χ3n) is 8.19. The van der Waals surface area contributed by atoms with Crippen LogP contribution in [0.2, 0.25) is 0 Å². The molecule has 18 nitrogen and oxygen atoms in total. The Bertz CT molecular complexity index is 2060. The van der Waals surface area contributed by atoms with E-state index in [0.29, 0.717) is 5.69 Å². The van der Waals surface area contributed by atoms with E-state index in [9.17, 15) is 28.5 Å². The lowest BCUT2D eigenvalue weighted by Crippen LogP contribution is -2.37. The number of para-hydroxylation sites is 1. The summed E-state index contributed by atoms with van der Waals surface area (Å²) in [5.74, 6) is -1.53. The van der Waals surface area contributed by atoms with Gasteiger partial charge >= 0.3 is 10.3 Å². The van der Waals surface area contributed by atoms with Gasteiger partial charge in [-0.15, -0.1) is 5.10 Å². The van der Waals surface area contributed by atoms with Gasteiger partial charge in [-0.25, -0.2) is 9.71 Å². The Labute approximate surface area is 293 Å². The van der Waals surface area contributed by atoms with Gasteiger partial charge < -0.3 is 30.7 Å². The number of nitrogens with zero attached hydrogens (tertiary/aromatic N) is 8. The third kappa shape index (κ3) is 8.47. The number of rotatable bonds is 11. The molecule has 0 bridgehead atoms. The lowest BCUT2D eigenvalue weighted by Gasteiger charge is -2.16. The number of nitrogen functional groups attached to an aromatic ring is 1. The summed E-state index contributed by atoms with van der Waals surface area (Å²) in [6, 6.07) is 13.0. The number of imidazole rings is 1. The number of aliphatic hydroxyl groups is 2. The topological polar surface area (TPSA) is 246 Å². The van der Waals surface area contributed by atoms with Crippen molar-refractivity contribution in [1.29, 1.82) is 0 Å². The number of phenolic OH excluding ortho intramolecular Hbond substituents is 1. The van der Waals surface area contributed by atoms with E-state index in [-0.39, 0.29) is 28.5 Å². The number of amides is 1. The van der Waals surface area contributed by atoms with Gasteiger partial charge in [0.15, 0.2) is 17.7 Å². The van der Waals surface area contributed by atoms with E-state index in [1.807, 2.05) is 31.2 Å². The van der Waals surface area contributed by atoms with Gasteiger partial charge in [-0.1, -0.05) is 67.9 Å². The molecule has 19 heteroatoms. The molecule has 1 amide bonds. The average Bonchev–Trinajstić information content (AvgIpc) is 3.84. The molecule has 1 saturated heterocycles. The highest BCUT2D eigenvalue weighted by Crippen LogP contribution is 2.33. The van der Waals surface area contributed by atoms with Crippen LogP contribution >= 0.6 is 0 Å². The van der Waals surface area contributed by atoms with E-state index in [0.717, 1.165) is 11.1 Å². The molecule has 4 heterocycles. The molecule has 0 radical (unpaired) electrons. The number of benzene rings is 2. The van der Waals surface area contributed by atoms with Crippen molar-refractivity contribution in [3.8, 4) is 23.0 Å². The van der Waals surface area contributed by atoms with Crippen LogP contribution < -0.4 is 10.5 Å². The molecule has 6 rings (SSSR count). The van der Waals surface area contributed by atoms with E-state index in [1.165, 1.54) is 59.5 Å². The number of fused-ring (bicyclic) bond motifs is 1. The summed E-state index contributed by atoms with van der Waals surface area (Å²) in [7, 11) is -4.70. The Morgan fingerprint density at radius 3 is 2.37 bits per heavy atom. The summed E-state index contributed by atoms with van der Waals surface area (Å²) in [6.07, 6.45) is -2.93. The normalized spacial score (nSPS) is 18.9. The zero-order valence-corrected chi connectivity index (χ0v) is 29.2. The highest BCUT2D eigenvalue weighted by Gasteiger charge is 2.45. The molecule has 272 valence electrons. The van der Waals surface area contributed by atoms with Crippen LogP contribution in [0.4, 0.5) is 5.82 Å². The summed E-state index contributed by atoms with van der Waals surface area (Å²) in [6.45, 7) is 11.3. The fourth-order valence-corrected chi connectivity index (χ4v) is 5.93. The number of aryl methyl sites for hydroxylation is 1. The number of aromatic hydroxyl groups is 1. The smallest absolute Gasteiger partial charge is 0.362 e. The number of anilines is 1. The average molecular weight is 725 g/mol. The molecule has 6 N–H and O–H groups in total. The number of hydrogen-bond acceptors (Lipinski definition) is 15. The number of aliphatic hydroxyl groups excluding tert-OH is 2. The van der Waals surface area contributed by atoms with Crippen molar-refractivity contribution in [1.82, 2.24) is 44.1 Å². The maximum absolute atomic E-state index is 12.4. The standard InChI is InChI=1S/C26H25N9O8S.C6H15N/c1-13-6-8-14(9-7-13)16-10-35(33-31-16)26-29-22(27)19-23(30-26)34(12-28-19)25-21(38)20(37)18(43-25)11-42-44(40,41)32-24(39)15-4-2-3-5-17(15)36;1-4-7(5-2)6-3/h2-10,12,18,20-21,25,36-38H,11H2,1H3,(H,32,39)(H2,27,29,30);4-6H2,1-3H3/t18-,20-,21-,25-;/m1./s1. The van der Waals surface area contributed by atoms with E-state index in [1.54, 1.807) is 10.9 Å². The molecule has 4 atom stereocenters. The van der Waals surface area contributed by atoms with Gasteiger partial charge in [0.25, 0.3) is 11.9 Å². The van der Waals surface area contributed by atoms with Crippen LogP contribution in [0.5, 0.6) is 5.75 Å². The van der Waals surface area contributed by atoms with Crippen molar-refractivity contribution in [3.05, 3.63) is 72.2 Å². The Morgan fingerprint density at radius 2 is 1.73 bits per heavy atom. The van der Waals surface area contributed by atoms with E-state index in [4.69, 9.17) is 14.7 Å². The molecule has 2 aromatic carbocycles. The molecule has 1 fully saturated rings. The number of nitrogens with one attached hydrogen (secondary N) is 1. The molecular formula is C32H40N10O8S. The summed E-state index contributed by atoms with van der Waals surface area (Å²) in [5, 5.41) is 39.5. The second kappa shape index (κ2) is 15.9. The molecule has 0 spiro atoms. The van der Waals surface area contributed by atoms with Crippen LogP contribution in [-0.4, -0.2) is 114 Å². The number of hydrogen-bond donors (Lipinski definition) is 5. The molecule has 51 heavy (non-hydrogen) atoms. The maximum atomic E-state index is 12.4. The van der Waals surface area contributed by atoms with E-state index in [2.05, 4.69) is 50.9 Å². The molecular weight excluding hydrogens is 684 g/mol. The molecule has 0 unspecified atom stereocenters. The highest BCUT2D eigenvalue weighted by molar-refractivity contribution is 7.85. The van der Waals surface area contributed by atoms with Gasteiger partial charge in [-0.05, 0) is 38.7 Å². The number of ether oxygens (including phenoxy) is 1. The van der Waals surface area contributed by atoms with Gasteiger partial charge in [-0.3, -0.25) is 13.5 Å². The lowest BCUT2D eigenvalue weighted by atomic mass is 10.1. The first-order valence-electron chi connectivity index (χ1n) is 16.1. The van der Waals surface area contributed by atoms with Gasteiger partial charge in [0, 0.05) is 5.56 Å². The SMILES string of the molecule is CCN(CC)CC.Cc1ccc(-c2cn(-c3nc(N)c4ncn([C@@H]5O[C@H](COS(=O)(=O)NC(=O)c6ccccc6O)[C@@H](O)[C@H]5O)c4n3)nn2)cc1. The summed E-state index contributed by atoms with van der Waals surface area (Å²) in [5.41, 5.74) is 8.62. The van der Waals surface area contributed by atoms with Gasteiger partial charge in [0.2, 0.25) is 0 Å². The van der Waals surface area contributed by atoms with Gasteiger partial charge in [-0.2, -0.15) is 23.1 Å². The predicted octanol–water partition coefficient (Wildman–Crippen LogP) is 1.33. The minimum absolute atomic E-state index is 0.00431. The second-order valence-electron chi connectivity index (χ2n) is 11.5. The maximum Gasteiger partial charge on any atom is 0.362 e. The molecule has 0 saturated carbocycles. The predicted molar refractivity (Wildman–Crippen MR) is 185 cm³/mol. The number of nitrogens with two attached hydrogens (primary N) is 1. The number of aromatic nitrogens is 7.